The third-order valence-corrected chi connectivity index (χ3v) is 6.83. The van der Waals surface area contributed by atoms with Crippen molar-refractivity contribution in [2.24, 2.45) is 0 Å². The molecule has 0 radical (unpaired) electrons. The Morgan fingerprint density at radius 3 is 2.67 bits per heavy atom. The minimum atomic E-state index is -0.296. The monoisotopic (exact) mass is 455 g/mol. The van der Waals surface area contributed by atoms with Gasteiger partial charge in [-0.2, -0.15) is 0 Å². The van der Waals surface area contributed by atoms with Crippen molar-refractivity contribution in [1.29, 1.82) is 0 Å². The number of hydrogen-bond acceptors (Lipinski definition) is 5. The summed E-state index contributed by atoms with van der Waals surface area (Å²) in [6, 6.07) is 21.4. The minimum Gasteiger partial charge on any atom is -0.495 e. The Kier molecular flexibility index (Phi) is 5.40. The lowest BCUT2D eigenvalue weighted by molar-refractivity contribution is 0.102. The van der Waals surface area contributed by atoms with E-state index in [0.717, 1.165) is 16.3 Å². The Morgan fingerprint density at radius 1 is 1.06 bits per heavy atom. The van der Waals surface area contributed by atoms with Crippen LogP contribution in [0.1, 0.15) is 26.6 Å². The number of para-hydroxylation sites is 2. The fourth-order valence-corrected chi connectivity index (χ4v) is 5.14. The van der Waals surface area contributed by atoms with Gasteiger partial charge >= 0.3 is 0 Å². The van der Waals surface area contributed by atoms with Crippen molar-refractivity contribution in [3.63, 3.8) is 0 Å². The second-order valence-electron chi connectivity index (χ2n) is 7.72. The number of ether oxygens (including phenoxy) is 1. The first kappa shape index (κ1) is 20.9. The maximum Gasteiger partial charge on any atom is 0.266 e. The number of rotatable bonds is 5. The number of carbonyl (C=O) groups is 1. The highest BCUT2D eigenvalue weighted by Gasteiger charge is 2.20. The molecule has 0 saturated heterocycles. The number of hydrogen-bond donors (Lipinski definition) is 2. The van der Waals surface area contributed by atoms with Gasteiger partial charge in [-0.1, -0.05) is 54.6 Å². The van der Waals surface area contributed by atoms with Crippen molar-refractivity contribution >= 4 is 43.9 Å². The molecule has 164 valence electrons. The molecule has 2 heterocycles. The molecular formula is C26H21N3O3S. The predicted octanol–water partition coefficient (Wildman–Crippen LogP) is 5.30. The van der Waals surface area contributed by atoms with E-state index in [1.54, 1.807) is 26.2 Å². The maximum absolute atomic E-state index is 13.0. The quantitative estimate of drug-likeness (QED) is 0.377. The van der Waals surface area contributed by atoms with Gasteiger partial charge in [0.15, 0.2) is 0 Å². The molecule has 0 fully saturated rings. The summed E-state index contributed by atoms with van der Waals surface area (Å²) in [6.07, 6.45) is 0.492. The van der Waals surface area contributed by atoms with Gasteiger partial charge in [0, 0.05) is 6.42 Å². The van der Waals surface area contributed by atoms with Crippen LogP contribution in [0.25, 0.3) is 21.0 Å². The zero-order chi connectivity index (χ0) is 22.9. The van der Waals surface area contributed by atoms with E-state index in [4.69, 9.17) is 9.72 Å². The number of aryl methyl sites for hydroxylation is 1. The summed E-state index contributed by atoms with van der Waals surface area (Å²) in [6.45, 7) is 1.78. The third-order valence-electron chi connectivity index (χ3n) is 5.65. The van der Waals surface area contributed by atoms with E-state index in [1.807, 2.05) is 36.4 Å². The summed E-state index contributed by atoms with van der Waals surface area (Å²) in [7, 11) is 1.55. The average molecular weight is 456 g/mol. The van der Waals surface area contributed by atoms with Gasteiger partial charge in [-0.15, -0.1) is 11.3 Å². The fraction of sp³-hybridized carbons (Fsp3) is 0.115. The van der Waals surface area contributed by atoms with Crippen LogP contribution >= 0.6 is 11.3 Å². The molecule has 0 aliphatic heterocycles. The maximum atomic E-state index is 13.0. The molecule has 33 heavy (non-hydrogen) atoms. The van der Waals surface area contributed by atoms with Gasteiger partial charge in [-0.25, -0.2) is 4.98 Å². The summed E-state index contributed by atoms with van der Waals surface area (Å²) < 4.78 is 5.31. The molecule has 0 aliphatic rings. The van der Waals surface area contributed by atoms with E-state index < -0.39 is 0 Å². The van der Waals surface area contributed by atoms with E-state index in [2.05, 4.69) is 28.5 Å². The Bertz CT molecular complexity index is 1560. The molecule has 3 aromatic carbocycles. The van der Waals surface area contributed by atoms with Crippen LogP contribution in [0.3, 0.4) is 0 Å². The van der Waals surface area contributed by atoms with Gasteiger partial charge in [0.05, 0.1) is 23.1 Å². The minimum absolute atomic E-state index is 0.236. The molecule has 0 atom stereocenters. The summed E-state index contributed by atoms with van der Waals surface area (Å²) >= 11 is 1.22. The number of H-pyrrole nitrogens is 1. The highest BCUT2D eigenvalue weighted by Crippen LogP contribution is 2.30. The van der Waals surface area contributed by atoms with Crippen LogP contribution in [-0.2, 0) is 6.42 Å². The number of amides is 1. The highest BCUT2D eigenvalue weighted by atomic mass is 32.1. The Hall–Kier alpha value is -3.97. The number of carbonyl (C=O) groups excluding carboxylic acids is 1. The molecule has 1 amide bonds. The first-order valence-corrected chi connectivity index (χ1v) is 11.3. The van der Waals surface area contributed by atoms with Crippen LogP contribution in [0.2, 0.25) is 0 Å². The number of aromatic amines is 1. The molecule has 5 rings (SSSR count). The number of nitrogens with zero attached hydrogens (tertiary/aromatic N) is 1. The number of benzene rings is 3. The normalized spacial score (nSPS) is 11.1. The summed E-state index contributed by atoms with van der Waals surface area (Å²) in [5.41, 5.74) is 2.03. The molecule has 2 aromatic heterocycles. The van der Waals surface area contributed by atoms with E-state index in [1.165, 1.54) is 11.3 Å². The van der Waals surface area contributed by atoms with Crippen LogP contribution in [-0.4, -0.2) is 23.0 Å². The molecule has 7 heteroatoms. The molecule has 2 N–H and O–H groups in total. The lowest BCUT2D eigenvalue weighted by Crippen LogP contribution is -2.14. The SMILES string of the molecule is COc1ccccc1NC(=O)c1sc2nc(Cc3cccc4ccccc34)[nH]c(=O)c2c1C. The number of methoxy groups -OCH3 is 1. The zero-order valence-corrected chi connectivity index (χ0v) is 19.0. The number of anilines is 1. The lowest BCUT2D eigenvalue weighted by Gasteiger charge is -2.09. The van der Waals surface area contributed by atoms with Crippen LogP contribution in [0.15, 0.2) is 71.5 Å². The molecule has 6 nitrogen and oxygen atoms in total. The van der Waals surface area contributed by atoms with Crippen LogP contribution < -0.4 is 15.6 Å². The molecule has 0 aliphatic carbocycles. The van der Waals surface area contributed by atoms with Crippen molar-refractivity contribution < 1.29 is 9.53 Å². The second kappa shape index (κ2) is 8.52. The number of aromatic nitrogens is 2. The van der Waals surface area contributed by atoms with Crippen molar-refractivity contribution in [3.05, 3.63) is 98.9 Å². The lowest BCUT2D eigenvalue weighted by atomic mass is 10.0. The molecule has 0 spiro atoms. The van der Waals surface area contributed by atoms with E-state index in [0.29, 0.717) is 44.3 Å². The van der Waals surface area contributed by atoms with Crippen LogP contribution in [0.5, 0.6) is 5.75 Å². The Labute approximate surface area is 193 Å². The molecule has 0 saturated carbocycles. The second-order valence-corrected chi connectivity index (χ2v) is 8.72. The average Bonchev–Trinajstić information content (AvgIpc) is 3.16. The third kappa shape index (κ3) is 3.87. The Balaban J connectivity index is 1.51. The van der Waals surface area contributed by atoms with Gasteiger partial charge < -0.3 is 15.0 Å². The van der Waals surface area contributed by atoms with Crippen molar-refractivity contribution in [1.82, 2.24) is 9.97 Å². The van der Waals surface area contributed by atoms with Crippen LogP contribution in [0, 0.1) is 6.92 Å². The number of fused-ring (bicyclic) bond motifs is 2. The van der Waals surface area contributed by atoms with E-state index >= 15 is 0 Å². The van der Waals surface area contributed by atoms with Gasteiger partial charge in [0.2, 0.25) is 0 Å². The Morgan fingerprint density at radius 2 is 1.82 bits per heavy atom. The summed E-state index contributed by atoms with van der Waals surface area (Å²) in [5.74, 6) is 0.842. The standard InChI is InChI=1S/C26H21N3O3S/c1-15-22-24(30)28-21(14-17-10-7-9-16-8-3-4-11-18(16)17)29-26(22)33-23(15)25(31)27-19-12-5-6-13-20(19)32-2/h3-13H,14H2,1-2H3,(H,27,31)(H,28,29,30). The zero-order valence-electron chi connectivity index (χ0n) is 18.1. The first-order valence-electron chi connectivity index (χ1n) is 10.5. The highest BCUT2D eigenvalue weighted by molar-refractivity contribution is 7.20. The molecule has 5 aromatic rings. The van der Waals surface area contributed by atoms with Gasteiger partial charge in [-0.3, -0.25) is 9.59 Å². The van der Waals surface area contributed by atoms with Gasteiger partial charge in [0.25, 0.3) is 11.5 Å². The molecular weight excluding hydrogens is 434 g/mol. The van der Waals surface area contributed by atoms with E-state index in [9.17, 15) is 9.59 Å². The topological polar surface area (TPSA) is 84.1 Å². The molecule has 0 bridgehead atoms. The van der Waals surface area contributed by atoms with Crippen molar-refractivity contribution in [3.8, 4) is 5.75 Å². The van der Waals surface area contributed by atoms with Gasteiger partial charge in [-0.05, 0) is 41.0 Å². The summed E-state index contributed by atoms with van der Waals surface area (Å²) in [4.78, 5) is 34.6. The number of thiophene rings is 1. The smallest absolute Gasteiger partial charge is 0.266 e. The van der Waals surface area contributed by atoms with Crippen LogP contribution in [0.4, 0.5) is 5.69 Å². The van der Waals surface area contributed by atoms with Crippen molar-refractivity contribution in [2.75, 3.05) is 12.4 Å². The first-order chi connectivity index (χ1) is 16.0. The fourth-order valence-electron chi connectivity index (χ4n) is 4.04. The van der Waals surface area contributed by atoms with Crippen molar-refractivity contribution in [2.45, 2.75) is 13.3 Å². The molecule has 0 unspecified atom stereocenters. The van der Waals surface area contributed by atoms with Gasteiger partial charge in [0.1, 0.15) is 16.4 Å². The predicted molar refractivity (Wildman–Crippen MR) is 133 cm³/mol. The summed E-state index contributed by atoms with van der Waals surface area (Å²) in [5, 5.41) is 5.60. The number of nitrogens with one attached hydrogen (secondary N) is 2. The van der Waals surface area contributed by atoms with E-state index in [-0.39, 0.29) is 11.5 Å². The largest absolute Gasteiger partial charge is 0.495 e.